The van der Waals surface area contributed by atoms with Crippen molar-refractivity contribution in [3.05, 3.63) is 53.7 Å². The minimum absolute atomic E-state index is 0.0890. The maximum Gasteiger partial charge on any atom is 0.318 e. The standard InChI is InChI=1S/C21H24N4O3/c1-14-6-4-10-22-19(14)24-20(26)15-7-5-11-25(12-15)21(27)23-17-13-28-18-9-3-2-8-16(17)18/h2-4,6,8-10,15,17H,5,7,11-13H2,1H3,(H,23,27)(H,22,24,26)/t15-,17+/m1/s1. The third kappa shape index (κ3) is 3.78. The molecule has 4 rings (SSSR count). The number of aryl methyl sites for hydroxylation is 1. The van der Waals surface area contributed by atoms with Crippen LogP contribution in [0.5, 0.6) is 5.75 Å². The van der Waals surface area contributed by atoms with Crippen molar-refractivity contribution in [2.24, 2.45) is 5.92 Å². The first kappa shape index (κ1) is 18.3. The lowest BCUT2D eigenvalue weighted by Gasteiger charge is -2.32. The Hall–Kier alpha value is -3.09. The number of hydrogen-bond acceptors (Lipinski definition) is 4. The highest BCUT2D eigenvalue weighted by Gasteiger charge is 2.31. The minimum Gasteiger partial charge on any atom is -0.491 e. The van der Waals surface area contributed by atoms with Crippen molar-refractivity contribution in [1.82, 2.24) is 15.2 Å². The molecule has 3 amide bonds. The molecule has 1 fully saturated rings. The highest BCUT2D eigenvalue weighted by Crippen LogP contribution is 2.32. The molecular formula is C21H24N4O3. The number of nitrogens with zero attached hydrogens (tertiary/aromatic N) is 2. The molecule has 146 valence electrons. The number of hydrogen-bond donors (Lipinski definition) is 2. The zero-order valence-corrected chi connectivity index (χ0v) is 15.9. The number of ether oxygens (including phenoxy) is 1. The van der Waals surface area contributed by atoms with Gasteiger partial charge in [-0.3, -0.25) is 4.79 Å². The summed E-state index contributed by atoms with van der Waals surface area (Å²) < 4.78 is 5.63. The quantitative estimate of drug-likeness (QED) is 0.858. The molecule has 2 aliphatic heterocycles. The average Bonchev–Trinajstić information content (AvgIpc) is 3.13. The van der Waals surface area contributed by atoms with Gasteiger partial charge in [0, 0.05) is 24.8 Å². The lowest BCUT2D eigenvalue weighted by Crippen LogP contribution is -2.48. The van der Waals surface area contributed by atoms with Gasteiger partial charge in [0.05, 0.1) is 12.0 Å². The third-order valence-electron chi connectivity index (χ3n) is 5.33. The van der Waals surface area contributed by atoms with Crippen molar-refractivity contribution in [2.45, 2.75) is 25.8 Å². The Balaban J connectivity index is 1.36. The van der Waals surface area contributed by atoms with Crippen LogP contribution in [-0.4, -0.2) is 41.5 Å². The number of aromatic nitrogens is 1. The van der Waals surface area contributed by atoms with Crippen LogP contribution >= 0.6 is 0 Å². The van der Waals surface area contributed by atoms with E-state index in [0.717, 1.165) is 29.7 Å². The van der Waals surface area contributed by atoms with E-state index in [1.54, 1.807) is 11.1 Å². The van der Waals surface area contributed by atoms with E-state index in [9.17, 15) is 9.59 Å². The van der Waals surface area contributed by atoms with Gasteiger partial charge in [-0.15, -0.1) is 0 Å². The summed E-state index contributed by atoms with van der Waals surface area (Å²) in [5, 5.41) is 5.94. The number of fused-ring (bicyclic) bond motifs is 1. The molecule has 0 saturated carbocycles. The summed E-state index contributed by atoms with van der Waals surface area (Å²) in [6, 6.07) is 11.2. The summed E-state index contributed by atoms with van der Waals surface area (Å²) in [6.07, 6.45) is 3.21. The fraction of sp³-hybridized carbons (Fsp3) is 0.381. The predicted molar refractivity (Wildman–Crippen MR) is 105 cm³/mol. The number of amides is 3. The number of anilines is 1. The van der Waals surface area contributed by atoms with Crippen LogP contribution in [-0.2, 0) is 4.79 Å². The Morgan fingerprint density at radius 1 is 1.21 bits per heavy atom. The highest BCUT2D eigenvalue weighted by molar-refractivity contribution is 5.92. The number of rotatable bonds is 3. The Morgan fingerprint density at radius 2 is 2.07 bits per heavy atom. The lowest BCUT2D eigenvalue weighted by molar-refractivity contribution is -0.121. The molecule has 1 saturated heterocycles. The van der Waals surface area contributed by atoms with Crippen LogP contribution in [0, 0.1) is 12.8 Å². The molecule has 3 heterocycles. The van der Waals surface area contributed by atoms with Crippen LogP contribution in [0.3, 0.4) is 0 Å². The van der Waals surface area contributed by atoms with E-state index >= 15 is 0 Å². The van der Waals surface area contributed by atoms with Crippen LogP contribution < -0.4 is 15.4 Å². The van der Waals surface area contributed by atoms with E-state index < -0.39 is 0 Å². The van der Waals surface area contributed by atoms with Gasteiger partial charge < -0.3 is 20.3 Å². The number of urea groups is 1. The van der Waals surface area contributed by atoms with E-state index in [2.05, 4.69) is 15.6 Å². The second kappa shape index (κ2) is 7.88. The highest BCUT2D eigenvalue weighted by atomic mass is 16.5. The second-order valence-corrected chi connectivity index (χ2v) is 7.29. The second-order valence-electron chi connectivity index (χ2n) is 7.29. The largest absolute Gasteiger partial charge is 0.491 e. The van der Waals surface area contributed by atoms with E-state index in [4.69, 9.17) is 4.74 Å². The zero-order valence-electron chi connectivity index (χ0n) is 15.9. The monoisotopic (exact) mass is 380 g/mol. The Kier molecular flexibility index (Phi) is 5.14. The Morgan fingerprint density at radius 3 is 2.93 bits per heavy atom. The molecule has 7 heteroatoms. The molecule has 2 atom stereocenters. The van der Waals surface area contributed by atoms with Gasteiger partial charge in [0.25, 0.3) is 0 Å². The van der Waals surface area contributed by atoms with Crippen LogP contribution in [0.15, 0.2) is 42.6 Å². The first-order valence-corrected chi connectivity index (χ1v) is 9.61. The van der Waals surface area contributed by atoms with E-state index in [0.29, 0.717) is 25.5 Å². The van der Waals surface area contributed by atoms with Crippen LogP contribution in [0.25, 0.3) is 0 Å². The molecule has 0 spiro atoms. The smallest absolute Gasteiger partial charge is 0.318 e. The van der Waals surface area contributed by atoms with Gasteiger partial charge in [-0.25, -0.2) is 9.78 Å². The summed E-state index contributed by atoms with van der Waals surface area (Å²) in [7, 11) is 0. The maximum atomic E-state index is 12.8. The van der Waals surface area contributed by atoms with Crippen LogP contribution in [0.4, 0.5) is 10.6 Å². The molecule has 1 aromatic carbocycles. The van der Waals surface area contributed by atoms with Crippen molar-refractivity contribution < 1.29 is 14.3 Å². The number of carbonyl (C=O) groups is 2. The van der Waals surface area contributed by atoms with Gasteiger partial charge in [0.15, 0.2) is 0 Å². The SMILES string of the molecule is Cc1cccnc1NC(=O)[C@@H]1CCCN(C(=O)N[C@H]2COc3ccccc32)C1. The number of carbonyl (C=O) groups excluding carboxylic acids is 2. The van der Waals surface area contributed by atoms with Crippen molar-refractivity contribution in [3.8, 4) is 5.75 Å². The molecule has 0 unspecified atom stereocenters. The number of benzene rings is 1. The van der Waals surface area contributed by atoms with Gasteiger partial charge in [-0.1, -0.05) is 24.3 Å². The third-order valence-corrected chi connectivity index (χ3v) is 5.33. The summed E-state index contributed by atoms with van der Waals surface area (Å²) in [5.41, 5.74) is 1.91. The van der Waals surface area contributed by atoms with Crippen molar-refractivity contribution in [1.29, 1.82) is 0 Å². The number of pyridine rings is 1. The minimum atomic E-state index is -0.243. The van der Waals surface area contributed by atoms with Gasteiger partial charge in [-0.2, -0.15) is 0 Å². The normalized spacial score (nSPS) is 20.8. The summed E-state index contributed by atoms with van der Waals surface area (Å²) >= 11 is 0. The molecule has 0 radical (unpaired) electrons. The van der Waals surface area contributed by atoms with Crippen LogP contribution in [0.1, 0.15) is 30.0 Å². The average molecular weight is 380 g/mol. The molecule has 2 aromatic rings. The van der Waals surface area contributed by atoms with Gasteiger partial charge >= 0.3 is 6.03 Å². The van der Waals surface area contributed by atoms with E-state index in [-0.39, 0.29) is 23.9 Å². The van der Waals surface area contributed by atoms with Gasteiger partial charge in [0.2, 0.25) is 5.91 Å². The molecule has 28 heavy (non-hydrogen) atoms. The molecular weight excluding hydrogens is 356 g/mol. The van der Waals surface area contributed by atoms with Gasteiger partial charge in [0.1, 0.15) is 18.2 Å². The molecule has 1 aromatic heterocycles. The first-order chi connectivity index (χ1) is 13.6. The number of likely N-dealkylation sites (tertiary alicyclic amines) is 1. The molecule has 2 N–H and O–H groups in total. The fourth-order valence-electron chi connectivity index (χ4n) is 3.73. The number of nitrogens with one attached hydrogen (secondary N) is 2. The summed E-state index contributed by atoms with van der Waals surface area (Å²) in [5.74, 6) is 1.06. The lowest BCUT2D eigenvalue weighted by atomic mass is 9.97. The Bertz CT molecular complexity index is 885. The van der Waals surface area contributed by atoms with E-state index in [1.807, 2.05) is 43.3 Å². The van der Waals surface area contributed by atoms with Gasteiger partial charge in [-0.05, 0) is 37.5 Å². The molecule has 0 bridgehead atoms. The fourth-order valence-corrected chi connectivity index (χ4v) is 3.73. The molecule has 7 nitrogen and oxygen atoms in total. The van der Waals surface area contributed by atoms with Crippen molar-refractivity contribution in [2.75, 3.05) is 25.0 Å². The maximum absolute atomic E-state index is 12.8. The number of piperidine rings is 1. The van der Waals surface area contributed by atoms with Crippen molar-refractivity contribution in [3.63, 3.8) is 0 Å². The zero-order chi connectivity index (χ0) is 19.5. The predicted octanol–water partition coefficient (Wildman–Crippen LogP) is 2.88. The summed E-state index contributed by atoms with van der Waals surface area (Å²) in [4.78, 5) is 31.4. The van der Waals surface area contributed by atoms with E-state index in [1.165, 1.54) is 0 Å². The topological polar surface area (TPSA) is 83.6 Å². The Labute approximate surface area is 164 Å². The van der Waals surface area contributed by atoms with Crippen molar-refractivity contribution >= 4 is 17.8 Å². The van der Waals surface area contributed by atoms with Crippen LogP contribution in [0.2, 0.25) is 0 Å². The molecule has 0 aliphatic carbocycles. The first-order valence-electron chi connectivity index (χ1n) is 9.61. The molecule has 2 aliphatic rings. The number of para-hydroxylation sites is 1. The summed E-state index contributed by atoms with van der Waals surface area (Å²) in [6.45, 7) is 3.39.